The molecular formula is C28H32N2O4S. The van der Waals surface area contributed by atoms with E-state index >= 15 is 0 Å². The minimum atomic E-state index is -0.803. The molecule has 1 aliphatic carbocycles. The molecule has 1 aromatic heterocycles. The van der Waals surface area contributed by atoms with Crippen molar-refractivity contribution in [3.8, 4) is 11.5 Å². The highest BCUT2D eigenvalue weighted by Crippen LogP contribution is 2.31. The van der Waals surface area contributed by atoms with Crippen molar-refractivity contribution >= 4 is 23.2 Å². The van der Waals surface area contributed by atoms with E-state index in [1.165, 1.54) is 17.8 Å². The van der Waals surface area contributed by atoms with Crippen LogP contribution in [-0.2, 0) is 11.3 Å². The first kappa shape index (κ1) is 24.8. The van der Waals surface area contributed by atoms with E-state index < -0.39 is 6.04 Å². The Hall–Kier alpha value is -3.32. The van der Waals surface area contributed by atoms with Crippen molar-refractivity contribution in [2.75, 3.05) is 14.2 Å². The SMILES string of the molecule is COc1ccc([C@@H](C(=O)NC2CCCCC2)N(Cc2ccccc2OC)C(=O)c2cccs2)cc1. The van der Waals surface area contributed by atoms with Crippen LogP contribution in [0.5, 0.6) is 11.5 Å². The number of ether oxygens (including phenoxy) is 2. The summed E-state index contributed by atoms with van der Waals surface area (Å²) in [6.45, 7) is 0.232. The van der Waals surface area contributed by atoms with E-state index in [-0.39, 0.29) is 24.4 Å². The van der Waals surface area contributed by atoms with Gasteiger partial charge in [-0.25, -0.2) is 0 Å². The molecule has 1 N–H and O–H groups in total. The second-order valence-corrected chi connectivity index (χ2v) is 9.69. The molecule has 0 aliphatic heterocycles. The Morgan fingerprint density at radius 3 is 2.37 bits per heavy atom. The lowest BCUT2D eigenvalue weighted by Crippen LogP contribution is -2.46. The van der Waals surface area contributed by atoms with Crippen LogP contribution >= 0.6 is 11.3 Å². The van der Waals surface area contributed by atoms with E-state index in [1.54, 1.807) is 25.2 Å². The smallest absolute Gasteiger partial charge is 0.265 e. The van der Waals surface area contributed by atoms with Gasteiger partial charge in [-0.05, 0) is 48.1 Å². The van der Waals surface area contributed by atoms with Gasteiger partial charge in [-0.1, -0.05) is 55.7 Å². The number of para-hydroxylation sites is 1. The van der Waals surface area contributed by atoms with E-state index in [4.69, 9.17) is 9.47 Å². The van der Waals surface area contributed by atoms with Crippen molar-refractivity contribution < 1.29 is 19.1 Å². The van der Waals surface area contributed by atoms with Gasteiger partial charge >= 0.3 is 0 Å². The Morgan fingerprint density at radius 1 is 0.971 bits per heavy atom. The second-order valence-electron chi connectivity index (χ2n) is 8.74. The van der Waals surface area contributed by atoms with Crippen molar-refractivity contribution in [3.63, 3.8) is 0 Å². The van der Waals surface area contributed by atoms with Gasteiger partial charge < -0.3 is 19.7 Å². The number of nitrogens with one attached hydrogen (secondary N) is 1. The molecule has 0 spiro atoms. The van der Waals surface area contributed by atoms with E-state index in [9.17, 15) is 9.59 Å². The number of methoxy groups -OCH3 is 2. The first-order valence-electron chi connectivity index (χ1n) is 12.0. The number of thiophene rings is 1. The summed E-state index contributed by atoms with van der Waals surface area (Å²) in [5.74, 6) is 1.02. The average Bonchev–Trinajstić information content (AvgIpc) is 3.44. The number of benzene rings is 2. The number of hydrogen-bond donors (Lipinski definition) is 1. The zero-order valence-corrected chi connectivity index (χ0v) is 21.1. The summed E-state index contributed by atoms with van der Waals surface area (Å²) in [6.07, 6.45) is 5.35. The molecule has 0 saturated heterocycles. The molecule has 2 aromatic carbocycles. The third kappa shape index (κ3) is 6.03. The van der Waals surface area contributed by atoms with E-state index in [1.807, 2.05) is 60.0 Å². The summed E-state index contributed by atoms with van der Waals surface area (Å²) in [6, 6.07) is 18.0. The van der Waals surface area contributed by atoms with E-state index in [0.717, 1.165) is 36.8 Å². The van der Waals surface area contributed by atoms with Crippen molar-refractivity contribution in [1.29, 1.82) is 0 Å². The number of carbonyl (C=O) groups is 2. The molecule has 1 atom stereocenters. The molecule has 1 heterocycles. The van der Waals surface area contributed by atoms with E-state index in [0.29, 0.717) is 16.4 Å². The highest BCUT2D eigenvalue weighted by Gasteiger charge is 2.34. The zero-order chi connectivity index (χ0) is 24.6. The molecular weight excluding hydrogens is 460 g/mol. The lowest BCUT2D eigenvalue weighted by atomic mass is 9.94. The number of nitrogens with zero attached hydrogens (tertiary/aromatic N) is 1. The summed E-state index contributed by atoms with van der Waals surface area (Å²) in [7, 11) is 3.22. The van der Waals surface area contributed by atoms with Gasteiger partial charge in [0.1, 0.15) is 17.5 Å². The second kappa shape index (κ2) is 11.9. The molecule has 0 unspecified atom stereocenters. The lowest BCUT2D eigenvalue weighted by Gasteiger charge is -2.33. The van der Waals surface area contributed by atoms with Gasteiger partial charge in [0, 0.05) is 11.6 Å². The molecule has 1 aliphatic rings. The highest BCUT2D eigenvalue weighted by atomic mass is 32.1. The average molecular weight is 493 g/mol. The molecule has 3 aromatic rings. The third-order valence-corrected chi connectivity index (χ3v) is 7.33. The Bertz CT molecular complexity index is 1110. The topological polar surface area (TPSA) is 67.9 Å². The van der Waals surface area contributed by atoms with Gasteiger partial charge in [0.2, 0.25) is 5.91 Å². The Balaban J connectivity index is 1.75. The number of carbonyl (C=O) groups excluding carboxylic acids is 2. The van der Waals surface area contributed by atoms with Crippen LogP contribution in [0.4, 0.5) is 0 Å². The van der Waals surface area contributed by atoms with Crippen LogP contribution in [0.25, 0.3) is 0 Å². The van der Waals surface area contributed by atoms with Crippen LogP contribution in [0.3, 0.4) is 0 Å². The lowest BCUT2D eigenvalue weighted by molar-refractivity contribution is -0.127. The van der Waals surface area contributed by atoms with Crippen molar-refractivity contribution in [1.82, 2.24) is 10.2 Å². The van der Waals surface area contributed by atoms with Gasteiger partial charge in [0.25, 0.3) is 5.91 Å². The molecule has 1 saturated carbocycles. The quantitative estimate of drug-likeness (QED) is 0.422. The molecule has 2 amide bonds. The van der Waals surface area contributed by atoms with E-state index in [2.05, 4.69) is 5.32 Å². The number of rotatable bonds is 9. The molecule has 1 fully saturated rings. The van der Waals surface area contributed by atoms with Crippen LogP contribution in [0.15, 0.2) is 66.0 Å². The van der Waals surface area contributed by atoms with Crippen molar-refractivity contribution in [3.05, 3.63) is 82.0 Å². The highest BCUT2D eigenvalue weighted by molar-refractivity contribution is 7.12. The fourth-order valence-corrected chi connectivity index (χ4v) is 5.30. The molecule has 0 radical (unpaired) electrons. The standard InChI is InChI=1S/C28H32N2O4S/c1-33-23-16-14-20(15-17-23)26(27(31)29-22-10-4-3-5-11-22)30(28(32)25-13-8-18-35-25)19-21-9-6-7-12-24(21)34-2/h6-9,12-18,22,26H,3-5,10-11,19H2,1-2H3,(H,29,31)/t26-/m0/s1. The Labute approximate surface area is 210 Å². The fourth-order valence-electron chi connectivity index (χ4n) is 4.63. The Kier molecular flexibility index (Phi) is 8.42. The molecule has 0 bridgehead atoms. The van der Waals surface area contributed by atoms with Gasteiger partial charge in [0.05, 0.1) is 25.6 Å². The summed E-state index contributed by atoms with van der Waals surface area (Å²) in [5, 5.41) is 5.12. The van der Waals surface area contributed by atoms with Gasteiger partial charge in [0.15, 0.2) is 0 Å². The molecule has 7 heteroatoms. The van der Waals surface area contributed by atoms with Gasteiger partial charge in [-0.3, -0.25) is 9.59 Å². The summed E-state index contributed by atoms with van der Waals surface area (Å²) in [4.78, 5) is 29.9. The first-order valence-corrected chi connectivity index (χ1v) is 12.9. The Morgan fingerprint density at radius 2 is 1.71 bits per heavy atom. The molecule has 35 heavy (non-hydrogen) atoms. The number of hydrogen-bond acceptors (Lipinski definition) is 5. The summed E-state index contributed by atoms with van der Waals surface area (Å²) in [5.41, 5.74) is 1.57. The predicted octanol–water partition coefficient (Wildman–Crippen LogP) is 5.60. The van der Waals surface area contributed by atoms with Crippen LogP contribution in [0.2, 0.25) is 0 Å². The van der Waals surface area contributed by atoms with Crippen LogP contribution in [0.1, 0.15) is 58.9 Å². The molecule has 184 valence electrons. The predicted molar refractivity (Wildman–Crippen MR) is 138 cm³/mol. The summed E-state index contributed by atoms with van der Waals surface area (Å²) >= 11 is 1.37. The van der Waals surface area contributed by atoms with Crippen molar-refractivity contribution in [2.24, 2.45) is 0 Å². The largest absolute Gasteiger partial charge is 0.497 e. The first-order chi connectivity index (χ1) is 17.1. The van der Waals surface area contributed by atoms with Gasteiger partial charge in [-0.15, -0.1) is 11.3 Å². The van der Waals surface area contributed by atoms with Crippen molar-refractivity contribution in [2.45, 2.75) is 50.7 Å². The normalized spacial score (nSPS) is 14.7. The maximum atomic E-state index is 13.9. The van der Waals surface area contributed by atoms with Crippen LogP contribution in [0, 0.1) is 0 Å². The van der Waals surface area contributed by atoms with Crippen LogP contribution < -0.4 is 14.8 Å². The third-order valence-electron chi connectivity index (χ3n) is 6.47. The maximum absolute atomic E-state index is 13.9. The minimum Gasteiger partial charge on any atom is -0.497 e. The molecule has 6 nitrogen and oxygen atoms in total. The van der Waals surface area contributed by atoms with Gasteiger partial charge in [-0.2, -0.15) is 0 Å². The molecule has 4 rings (SSSR count). The minimum absolute atomic E-state index is 0.127. The summed E-state index contributed by atoms with van der Waals surface area (Å²) < 4.78 is 10.9. The maximum Gasteiger partial charge on any atom is 0.265 e. The monoisotopic (exact) mass is 492 g/mol. The van der Waals surface area contributed by atoms with Crippen LogP contribution in [-0.4, -0.2) is 37.0 Å². The fraction of sp³-hybridized carbons (Fsp3) is 0.357. The zero-order valence-electron chi connectivity index (χ0n) is 20.2. The number of amides is 2.